The summed E-state index contributed by atoms with van der Waals surface area (Å²) in [6.45, 7) is 4.11. The van der Waals surface area contributed by atoms with Gasteiger partial charge in [-0.15, -0.1) is 0 Å². The van der Waals surface area contributed by atoms with Crippen molar-refractivity contribution in [3.63, 3.8) is 0 Å². The van der Waals surface area contributed by atoms with Crippen LogP contribution in [0.3, 0.4) is 0 Å². The van der Waals surface area contributed by atoms with Crippen molar-refractivity contribution >= 4 is 6.03 Å². The van der Waals surface area contributed by atoms with Gasteiger partial charge in [-0.25, -0.2) is 4.79 Å². The minimum absolute atomic E-state index is 0.165. The second-order valence-electron chi connectivity index (χ2n) is 4.87. The van der Waals surface area contributed by atoms with Crippen molar-refractivity contribution in [1.82, 2.24) is 20.1 Å². The van der Waals surface area contributed by atoms with Crippen LogP contribution >= 0.6 is 0 Å². The minimum Gasteiger partial charge on any atom is -0.319 e. The summed E-state index contributed by atoms with van der Waals surface area (Å²) >= 11 is 0. The molecule has 1 atom stereocenters. The van der Waals surface area contributed by atoms with Gasteiger partial charge in [0.15, 0.2) is 0 Å². The molecule has 2 amide bonds. The van der Waals surface area contributed by atoms with Crippen molar-refractivity contribution < 1.29 is 4.79 Å². The quantitative estimate of drug-likeness (QED) is 0.835. The molecule has 1 aromatic rings. The van der Waals surface area contributed by atoms with E-state index in [4.69, 9.17) is 0 Å². The van der Waals surface area contributed by atoms with Crippen molar-refractivity contribution in [2.75, 3.05) is 26.2 Å². The number of pyridine rings is 1. The number of nitrogens with one attached hydrogen (secondary N) is 1. The Balaban J connectivity index is 1.69. The Morgan fingerprint density at radius 1 is 1.39 bits per heavy atom. The van der Waals surface area contributed by atoms with E-state index >= 15 is 0 Å². The maximum Gasteiger partial charge on any atom is 0.320 e. The number of hydrogen-bond donors (Lipinski definition) is 1. The van der Waals surface area contributed by atoms with E-state index in [2.05, 4.69) is 10.3 Å². The normalized spacial score (nSPS) is 24.0. The number of carbonyl (C=O) groups is 1. The second kappa shape index (κ2) is 4.94. The van der Waals surface area contributed by atoms with Gasteiger partial charge in [-0.05, 0) is 18.6 Å². The highest BCUT2D eigenvalue weighted by atomic mass is 16.2. The lowest BCUT2D eigenvalue weighted by atomic mass is 10.1. The smallest absolute Gasteiger partial charge is 0.319 e. The molecule has 96 valence electrons. The second-order valence-corrected chi connectivity index (χ2v) is 4.87. The van der Waals surface area contributed by atoms with Crippen LogP contribution in [0.5, 0.6) is 0 Å². The maximum absolute atomic E-state index is 12.4. The summed E-state index contributed by atoms with van der Waals surface area (Å²) < 4.78 is 0. The summed E-state index contributed by atoms with van der Waals surface area (Å²) in [5.74, 6) is 0. The first-order valence-electron chi connectivity index (χ1n) is 6.51. The van der Waals surface area contributed by atoms with Crippen molar-refractivity contribution in [3.8, 4) is 0 Å². The molecule has 0 radical (unpaired) electrons. The number of piperazine rings is 1. The number of carbonyl (C=O) groups excluding carboxylic acids is 1. The third-order valence-electron chi connectivity index (χ3n) is 3.68. The van der Waals surface area contributed by atoms with Gasteiger partial charge in [-0.1, -0.05) is 6.07 Å². The van der Waals surface area contributed by atoms with E-state index in [9.17, 15) is 4.79 Å². The Labute approximate surface area is 107 Å². The van der Waals surface area contributed by atoms with E-state index in [0.717, 1.165) is 38.3 Å². The number of urea groups is 1. The highest BCUT2D eigenvalue weighted by Crippen LogP contribution is 2.19. The van der Waals surface area contributed by atoms with Gasteiger partial charge in [-0.2, -0.15) is 0 Å². The lowest BCUT2D eigenvalue weighted by molar-refractivity contribution is 0.0826. The molecular weight excluding hydrogens is 228 g/mol. The molecule has 2 saturated heterocycles. The summed E-state index contributed by atoms with van der Waals surface area (Å²) in [5.41, 5.74) is 0.958. The predicted molar refractivity (Wildman–Crippen MR) is 68.0 cm³/mol. The summed E-state index contributed by atoms with van der Waals surface area (Å²) in [4.78, 5) is 20.6. The fourth-order valence-corrected chi connectivity index (χ4v) is 2.69. The Hall–Kier alpha value is -1.62. The molecule has 2 aliphatic rings. The zero-order chi connectivity index (χ0) is 12.4. The molecule has 0 aromatic carbocycles. The van der Waals surface area contributed by atoms with Crippen molar-refractivity contribution in [2.45, 2.75) is 19.0 Å². The van der Waals surface area contributed by atoms with Crippen LogP contribution in [0.1, 0.15) is 12.1 Å². The molecular formula is C13H18N4O. The largest absolute Gasteiger partial charge is 0.320 e. The Bertz CT molecular complexity index is 422. The molecule has 2 fully saturated rings. The summed E-state index contributed by atoms with van der Waals surface area (Å²) in [7, 11) is 0. The molecule has 0 aliphatic carbocycles. The number of aromatic nitrogens is 1. The third kappa shape index (κ3) is 2.18. The number of amides is 2. The van der Waals surface area contributed by atoms with E-state index in [1.807, 2.05) is 28.0 Å². The van der Waals surface area contributed by atoms with Gasteiger partial charge in [0, 0.05) is 38.4 Å². The first kappa shape index (κ1) is 11.5. The standard InChI is InChI=1S/C13H18N4O/c18-13-16(10-11-3-1-2-5-15-11)7-4-12-9-14-6-8-17(12)13/h1-3,5,12,14H,4,6-10H2. The molecule has 0 spiro atoms. The van der Waals surface area contributed by atoms with Gasteiger partial charge < -0.3 is 15.1 Å². The van der Waals surface area contributed by atoms with Gasteiger partial charge >= 0.3 is 6.03 Å². The molecule has 1 N–H and O–H groups in total. The first-order chi connectivity index (χ1) is 8.84. The van der Waals surface area contributed by atoms with Crippen LogP contribution < -0.4 is 5.32 Å². The molecule has 3 heterocycles. The maximum atomic E-state index is 12.4. The summed E-state index contributed by atoms with van der Waals surface area (Å²) in [6.07, 6.45) is 2.82. The van der Waals surface area contributed by atoms with Crippen LogP contribution in [0.2, 0.25) is 0 Å². The van der Waals surface area contributed by atoms with E-state index in [1.165, 1.54) is 0 Å². The van der Waals surface area contributed by atoms with E-state index < -0.39 is 0 Å². The minimum atomic E-state index is 0.165. The lowest BCUT2D eigenvalue weighted by Gasteiger charge is -2.44. The van der Waals surface area contributed by atoms with Crippen LogP contribution in [0, 0.1) is 0 Å². The van der Waals surface area contributed by atoms with E-state index in [-0.39, 0.29) is 6.03 Å². The van der Waals surface area contributed by atoms with Crippen LogP contribution in [-0.4, -0.2) is 53.0 Å². The zero-order valence-electron chi connectivity index (χ0n) is 10.4. The van der Waals surface area contributed by atoms with E-state index in [1.54, 1.807) is 6.20 Å². The Morgan fingerprint density at radius 2 is 2.33 bits per heavy atom. The lowest BCUT2D eigenvalue weighted by Crippen LogP contribution is -2.61. The highest BCUT2D eigenvalue weighted by molar-refractivity contribution is 5.75. The molecule has 2 aliphatic heterocycles. The molecule has 5 nitrogen and oxygen atoms in total. The van der Waals surface area contributed by atoms with Crippen LogP contribution in [0.4, 0.5) is 4.79 Å². The molecule has 5 heteroatoms. The van der Waals surface area contributed by atoms with Gasteiger partial charge in [0.05, 0.1) is 12.2 Å². The number of fused-ring (bicyclic) bond motifs is 1. The van der Waals surface area contributed by atoms with Gasteiger partial charge in [0.1, 0.15) is 0 Å². The molecule has 1 unspecified atom stereocenters. The van der Waals surface area contributed by atoms with E-state index in [0.29, 0.717) is 12.6 Å². The fourth-order valence-electron chi connectivity index (χ4n) is 2.69. The number of hydrogen-bond acceptors (Lipinski definition) is 3. The summed E-state index contributed by atoms with van der Waals surface area (Å²) in [5, 5.41) is 3.34. The van der Waals surface area contributed by atoms with Gasteiger partial charge in [0.25, 0.3) is 0 Å². The fraction of sp³-hybridized carbons (Fsp3) is 0.538. The number of rotatable bonds is 2. The highest BCUT2D eigenvalue weighted by Gasteiger charge is 2.34. The average molecular weight is 246 g/mol. The van der Waals surface area contributed by atoms with Crippen molar-refractivity contribution in [3.05, 3.63) is 30.1 Å². The monoisotopic (exact) mass is 246 g/mol. The third-order valence-corrected chi connectivity index (χ3v) is 3.68. The molecule has 0 bridgehead atoms. The summed E-state index contributed by atoms with van der Waals surface area (Å²) in [6, 6.07) is 6.37. The van der Waals surface area contributed by atoms with Crippen LogP contribution in [-0.2, 0) is 6.54 Å². The predicted octanol–water partition coefficient (Wildman–Crippen LogP) is 0.681. The number of nitrogens with zero attached hydrogens (tertiary/aromatic N) is 3. The molecule has 1 aromatic heterocycles. The first-order valence-corrected chi connectivity index (χ1v) is 6.51. The zero-order valence-corrected chi connectivity index (χ0v) is 10.4. The average Bonchev–Trinajstić information content (AvgIpc) is 2.43. The SMILES string of the molecule is O=C1N(Cc2ccccn2)CCC2CNCCN12. The van der Waals surface area contributed by atoms with Crippen LogP contribution in [0.25, 0.3) is 0 Å². The van der Waals surface area contributed by atoms with Crippen molar-refractivity contribution in [2.24, 2.45) is 0 Å². The Morgan fingerprint density at radius 3 is 3.17 bits per heavy atom. The van der Waals surface area contributed by atoms with Crippen LogP contribution in [0.15, 0.2) is 24.4 Å². The van der Waals surface area contributed by atoms with Gasteiger partial charge in [-0.3, -0.25) is 4.98 Å². The molecule has 3 rings (SSSR count). The van der Waals surface area contributed by atoms with Crippen molar-refractivity contribution in [1.29, 1.82) is 0 Å². The molecule has 18 heavy (non-hydrogen) atoms. The molecule has 0 saturated carbocycles. The topological polar surface area (TPSA) is 48.5 Å². The van der Waals surface area contributed by atoms with Gasteiger partial charge in [0.2, 0.25) is 0 Å². The Kier molecular flexibility index (Phi) is 3.15.